The van der Waals surface area contributed by atoms with Gasteiger partial charge in [0.2, 0.25) is 0 Å². The summed E-state index contributed by atoms with van der Waals surface area (Å²) in [7, 11) is 2.04. The van der Waals surface area contributed by atoms with Gasteiger partial charge in [0, 0.05) is 31.7 Å². The van der Waals surface area contributed by atoms with Gasteiger partial charge in [-0.2, -0.15) is 5.26 Å². The average Bonchev–Trinajstić information content (AvgIpc) is 2.39. The van der Waals surface area contributed by atoms with Gasteiger partial charge < -0.3 is 4.90 Å². The van der Waals surface area contributed by atoms with E-state index in [0.29, 0.717) is 5.56 Å². The van der Waals surface area contributed by atoms with Crippen molar-refractivity contribution in [2.75, 3.05) is 11.9 Å². The van der Waals surface area contributed by atoms with E-state index in [-0.39, 0.29) is 0 Å². The molecule has 1 aromatic carbocycles. The van der Waals surface area contributed by atoms with Gasteiger partial charge in [0.15, 0.2) is 0 Å². The minimum Gasteiger partial charge on any atom is -0.370 e. The summed E-state index contributed by atoms with van der Waals surface area (Å²) < 4.78 is 0. The van der Waals surface area contributed by atoms with E-state index < -0.39 is 0 Å². The molecule has 0 aliphatic rings. The maximum atomic E-state index is 8.85. The van der Waals surface area contributed by atoms with Crippen LogP contribution in [0.5, 0.6) is 0 Å². The van der Waals surface area contributed by atoms with Crippen molar-refractivity contribution in [3.05, 3.63) is 59.4 Å². The van der Waals surface area contributed by atoms with E-state index in [1.807, 2.05) is 44.4 Å². The Morgan fingerprint density at radius 1 is 1.33 bits per heavy atom. The lowest BCUT2D eigenvalue weighted by Gasteiger charge is -2.21. The van der Waals surface area contributed by atoms with Crippen LogP contribution in [0, 0.1) is 18.3 Å². The topological polar surface area (TPSA) is 39.9 Å². The molecule has 0 fully saturated rings. The fraction of sp³-hybridized carbons (Fsp3) is 0.200. The molecule has 0 unspecified atom stereocenters. The third kappa shape index (κ3) is 2.67. The molecule has 3 heteroatoms. The predicted molar refractivity (Wildman–Crippen MR) is 72.2 cm³/mol. The SMILES string of the molecule is Cc1cc(C#N)ccc1N(C)Cc1cccnc1. The summed E-state index contributed by atoms with van der Waals surface area (Å²) in [5.74, 6) is 0. The second-order valence-electron chi connectivity index (χ2n) is 4.33. The van der Waals surface area contributed by atoms with Gasteiger partial charge in [-0.05, 0) is 42.3 Å². The molecule has 0 spiro atoms. The van der Waals surface area contributed by atoms with Gasteiger partial charge in [-0.15, -0.1) is 0 Å². The number of pyridine rings is 1. The van der Waals surface area contributed by atoms with Crippen molar-refractivity contribution in [3.63, 3.8) is 0 Å². The molecular formula is C15H15N3. The normalized spacial score (nSPS) is 9.83. The van der Waals surface area contributed by atoms with Gasteiger partial charge >= 0.3 is 0 Å². The van der Waals surface area contributed by atoms with Crippen molar-refractivity contribution in [2.45, 2.75) is 13.5 Å². The monoisotopic (exact) mass is 237 g/mol. The molecule has 0 saturated carbocycles. The number of rotatable bonds is 3. The molecule has 2 rings (SSSR count). The summed E-state index contributed by atoms with van der Waals surface area (Å²) in [6, 6.07) is 11.9. The summed E-state index contributed by atoms with van der Waals surface area (Å²) in [6.45, 7) is 2.83. The molecule has 1 heterocycles. The minimum atomic E-state index is 0.700. The number of aryl methyl sites for hydroxylation is 1. The van der Waals surface area contributed by atoms with Crippen LogP contribution >= 0.6 is 0 Å². The Morgan fingerprint density at radius 3 is 2.78 bits per heavy atom. The molecule has 2 aromatic rings. The van der Waals surface area contributed by atoms with E-state index in [9.17, 15) is 0 Å². The molecule has 0 saturated heterocycles. The highest BCUT2D eigenvalue weighted by molar-refractivity contribution is 5.55. The van der Waals surface area contributed by atoms with Crippen molar-refractivity contribution in [1.29, 1.82) is 5.26 Å². The van der Waals surface area contributed by atoms with Gasteiger partial charge in [-0.3, -0.25) is 4.98 Å². The number of aromatic nitrogens is 1. The molecule has 0 atom stereocenters. The van der Waals surface area contributed by atoms with Gasteiger partial charge in [-0.25, -0.2) is 0 Å². The summed E-state index contributed by atoms with van der Waals surface area (Å²) >= 11 is 0. The lowest BCUT2D eigenvalue weighted by molar-refractivity contribution is 0.910. The van der Waals surface area contributed by atoms with Crippen molar-refractivity contribution < 1.29 is 0 Å². The Morgan fingerprint density at radius 2 is 2.17 bits per heavy atom. The Kier molecular flexibility index (Phi) is 3.59. The van der Waals surface area contributed by atoms with E-state index in [0.717, 1.165) is 17.8 Å². The van der Waals surface area contributed by atoms with Gasteiger partial charge in [-0.1, -0.05) is 6.07 Å². The second kappa shape index (κ2) is 5.33. The zero-order chi connectivity index (χ0) is 13.0. The highest BCUT2D eigenvalue weighted by Crippen LogP contribution is 2.21. The van der Waals surface area contributed by atoms with Crippen LogP contribution in [0.3, 0.4) is 0 Å². The van der Waals surface area contributed by atoms with Crippen LogP contribution < -0.4 is 4.90 Å². The number of anilines is 1. The quantitative estimate of drug-likeness (QED) is 0.824. The van der Waals surface area contributed by atoms with Gasteiger partial charge in [0.25, 0.3) is 0 Å². The van der Waals surface area contributed by atoms with Crippen LogP contribution in [0.1, 0.15) is 16.7 Å². The largest absolute Gasteiger partial charge is 0.370 e. The standard InChI is InChI=1S/C15H15N3/c1-12-8-13(9-16)5-6-15(12)18(2)11-14-4-3-7-17-10-14/h3-8,10H,11H2,1-2H3. The van der Waals surface area contributed by atoms with Crippen LogP contribution in [-0.4, -0.2) is 12.0 Å². The highest BCUT2D eigenvalue weighted by atomic mass is 15.1. The predicted octanol–water partition coefficient (Wildman–Crippen LogP) is 2.90. The molecule has 90 valence electrons. The Bertz CT molecular complexity index is 570. The van der Waals surface area contributed by atoms with Crippen LogP contribution in [0.4, 0.5) is 5.69 Å². The van der Waals surface area contributed by atoms with E-state index in [1.165, 1.54) is 5.56 Å². The fourth-order valence-electron chi connectivity index (χ4n) is 2.00. The summed E-state index contributed by atoms with van der Waals surface area (Å²) in [4.78, 5) is 6.27. The van der Waals surface area contributed by atoms with Crippen molar-refractivity contribution in [1.82, 2.24) is 4.98 Å². The third-order valence-corrected chi connectivity index (χ3v) is 2.88. The highest BCUT2D eigenvalue weighted by Gasteiger charge is 2.06. The molecule has 0 aliphatic carbocycles. The number of hydrogen-bond donors (Lipinski definition) is 0. The molecule has 0 amide bonds. The first kappa shape index (κ1) is 12.1. The molecular weight excluding hydrogens is 222 g/mol. The second-order valence-corrected chi connectivity index (χ2v) is 4.33. The first-order chi connectivity index (χ1) is 8.70. The van der Waals surface area contributed by atoms with Crippen molar-refractivity contribution in [2.24, 2.45) is 0 Å². The lowest BCUT2D eigenvalue weighted by atomic mass is 10.1. The van der Waals surface area contributed by atoms with E-state index in [1.54, 1.807) is 6.20 Å². The van der Waals surface area contributed by atoms with E-state index in [4.69, 9.17) is 5.26 Å². The van der Waals surface area contributed by atoms with Gasteiger partial charge in [0.05, 0.1) is 11.6 Å². The third-order valence-electron chi connectivity index (χ3n) is 2.88. The first-order valence-corrected chi connectivity index (χ1v) is 5.81. The maximum Gasteiger partial charge on any atom is 0.0991 e. The van der Waals surface area contributed by atoms with E-state index >= 15 is 0 Å². The molecule has 0 radical (unpaired) electrons. The van der Waals surface area contributed by atoms with Crippen LogP contribution in [0.15, 0.2) is 42.7 Å². The van der Waals surface area contributed by atoms with Crippen LogP contribution in [-0.2, 0) is 6.54 Å². The smallest absolute Gasteiger partial charge is 0.0991 e. The molecule has 0 aliphatic heterocycles. The van der Waals surface area contributed by atoms with Gasteiger partial charge in [0.1, 0.15) is 0 Å². The zero-order valence-corrected chi connectivity index (χ0v) is 10.6. The molecule has 1 aromatic heterocycles. The van der Waals surface area contributed by atoms with Crippen molar-refractivity contribution >= 4 is 5.69 Å². The van der Waals surface area contributed by atoms with Crippen LogP contribution in [0.2, 0.25) is 0 Å². The Hall–Kier alpha value is -2.34. The minimum absolute atomic E-state index is 0.700. The Balaban J connectivity index is 2.19. The fourth-order valence-corrected chi connectivity index (χ4v) is 2.00. The summed E-state index contributed by atoms with van der Waals surface area (Å²) in [6.07, 6.45) is 3.64. The van der Waals surface area contributed by atoms with Crippen molar-refractivity contribution in [3.8, 4) is 6.07 Å². The molecule has 0 N–H and O–H groups in total. The molecule has 18 heavy (non-hydrogen) atoms. The first-order valence-electron chi connectivity index (χ1n) is 5.81. The number of nitrogens with zero attached hydrogens (tertiary/aromatic N) is 3. The summed E-state index contributed by atoms with van der Waals surface area (Å²) in [5.41, 5.74) is 4.12. The average molecular weight is 237 g/mol. The van der Waals surface area contributed by atoms with Crippen LogP contribution in [0.25, 0.3) is 0 Å². The summed E-state index contributed by atoms with van der Waals surface area (Å²) in [5, 5.41) is 8.85. The molecule has 0 bridgehead atoms. The van der Waals surface area contributed by atoms with E-state index in [2.05, 4.69) is 22.0 Å². The lowest BCUT2D eigenvalue weighted by Crippen LogP contribution is -2.17. The molecule has 3 nitrogen and oxygen atoms in total. The zero-order valence-electron chi connectivity index (χ0n) is 10.6. The number of benzene rings is 1. The Labute approximate surface area is 107 Å². The maximum absolute atomic E-state index is 8.85. The number of nitriles is 1. The number of hydrogen-bond acceptors (Lipinski definition) is 3.